The molecule has 2 heterocycles. The maximum absolute atomic E-state index is 12.7. The number of amides is 1. The second-order valence-corrected chi connectivity index (χ2v) is 5.74. The first kappa shape index (κ1) is 12.3. The SMILES string of the molecule is CC1CCC(C)N(C(=O)c2c[nH]c3ccccc23)C1. The molecule has 2 atom stereocenters. The molecule has 0 radical (unpaired) electrons. The van der Waals surface area contributed by atoms with Crippen LogP contribution in [0.25, 0.3) is 10.9 Å². The van der Waals surface area contributed by atoms with E-state index in [-0.39, 0.29) is 5.91 Å². The van der Waals surface area contributed by atoms with Crippen LogP contribution in [-0.4, -0.2) is 28.4 Å². The summed E-state index contributed by atoms with van der Waals surface area (Å²) in [5, 5.41) is 1.03. The first-order valence-corrected chi connectivity index (χ1v) is 7.04. The molecule has 1 N–H and O–H groups in total. The van der Waals surface area contributed by atoms with Gasteiger partial charge in [-0.1, -0.05) is 25.1 Å². The van der Waals surface area contributed by atoms with Crippen molar-refractivity contribution in [2.45, 2.75) is 32.7 Å². The van der Waals surface area contributed by atoms with Crippen molar-refractivity contribution in [3.63, 3.8) is 0 Å². The highest BCUT2D eigenvalue weighted by molar-refractivity contribution is 6.06. The first-order valence-electron chi connectivity index (χ1n) is 7.04. The van der Waals surface area contributed by atoms with Gasteiger partial charge in [0, 0.05) is 29.7 Å². The third-order valence-electron chi connectivity index (χ3n) is 4.20. The van der Waals surface area contributed by atoms with E-state index >= 15 is 0 Å². The Morgan fingerprint density at radius 1 is 1.26 bits per heavy atom. The summed E-state index contributed by atoms with van der Waals surface area (Å²) in [6.45, 7) is 5.25. The highest BCUT2D eigenvalue weighted by atomic mass is 16.2. The lowest BCUT2D eigenvalue weighted by atomic mass is 9.94. The minimum atomic E-state index is 0.163. The molecule has 19 heavy (non-hydrogen) atoms. The van der Waals surface area contributed by atoms with Crippen molar-refractivity contribution in [3.8, 4) is 0 Å². The summed E-state index contributed by atoms with van der Waals surface area (Å²) in [5.74, 6) is 0.766. The van der Waals surface area contributed by atoms with Gasteiger partial charge in [0.25, 0.3) is 5.91 Å². The molecular weight excluding hydrogens is 236 g/mol. The predicted molar refractivity (Wildman–Crippen MR) is 77.2 cm³/mol. The standard InChI is InChI=1S/C16H20N2O/c1-11-7-8-12(2)18(10-11)16(19)14-9-17-15-6-4-3-5-13(14)15/h3-6,9,11-12,17H,7-8,10H2,1-2H3. The number of fused-ring (bicyclic) bond motifs is 1. The summed E-state index contributed by atoms with van der Waals surface area (Å²) in [6.07, 6.45) is 4.17. The van der Waals surface area contributed by atoms with Crippen LogP contribution < -0.4 is 0 Å². The van der Waals surface area contributed by atoms with Crippen LogP contribution in [-0.2, 0) is 0 Å². The Morgan fingerprint density at radius 3 is 2.89 bits per heavy atom. The Bertz CT molecular complexity index is 602. The number of nitrogens with one attached hydrogen (secondary N) is 1. The fourth-order valence-corrected chi connectivity index (χ4v) is 2.97. The number of hydrogen-bond donors (Lipinski definition) is 1. The van der Waals surface area contributed by atoms with E-state index in [4.69, 9.17) is 0 Å². The normalized spacial score (nSPS) is 23.8. The molecule has 3 nitrogen and oxygen atoms in total. The lowest BCUT2D eigenvalue weighted by Gasteiger charge is -2.36. The summed E-state index contributed by atoms with van der Waals surface area (Å²) >= 11 is 0. The smallest absolute Gasteiger partial charge is 0.256 e. The fourth-order valence-electron chi connectivity index (χ4n) is 2.97. The Labute approximate surface area is 113 Å². The molecule has 1 amide bonds. The summed E-state index contributed by atoms with van der Waals surface area (Å²) in [4.78, 5) is 18.0. The topological polar surface area (TPSA) is 36.1 Å². The minimum absolute atomic E-state index is 0.163. The van der Waals surface area contributed by atoms with E-state index in [2.05, 4.69) is 18.8 Å². The molecule has 1 saturated heterocycles. The number of likely N-dealkylation sites (tertiary alicyclic amines) is 1. The molecule has 1 aliphatic heterocycles. The summed E-state index contributed by atoms with van der Waals surface area (Å²) < 4.78 is 0. The van der Waals surface area contributed by atoms with Crippen molar-refractivity contribution in [1.29, 1.82) is 0 Å². The van der Waals surface area contributed by atoms with Gasteiger partial charge in [-0.15, -0.1) is 0 Å². The van der Waals surface area contributed by atoms with Gasteiger partial charge in [-0.2, -0.15) is 0 Å². The second-order valence-electron chi connectivity index (χ2n) is 5.74. The van der Waals surface area contributed by atoms with Crippen molar-refractivity contribution >= 4 is 16.8 Å². The molecule has 1 aromatic heterocycles. The van der Waals surface area contributed by atoms with Crippen molar-refractivity contribution in [2.24, 2.45) is 5.92 Å². The van der Waals surface area contributed by atoms with Gasteiger partial charge in [0.15, 0.2) is 0 Å². The third-order valence-corrected chi connectivity index (χ3v) is 4.20. The van der Waals surface area contributed by atoms with Crippen LogP contribution in [0.3, 0.4) is 0 Å². The zero-order valence-electron chi connectivity index (χ0n) is 11.5. The predicted octanol–water partition coefficient (Wildman–Crippen LogP) is 3.43. The number of piperidine rings is 1. The van der Waals surface area contributed by atoms with Gasteiger partial charge in [0.2, 0.25) is 0 Å². The minimum Gasteiger partial charge on any atom is -0.360 e. The number of aromatic nitrogens is 1. The molecule has 0 saturated carbocycles. The van der Waals surface area contributed by atoms with Gasteiger partial charge in [0.05, 0.1) is 5.56 Å². The van der Waals surface area contributed by atoms with Crippen LogP contribution in [0.1, 0.15) is 37.0 Å². The summed E-state index contributed by atoms with van der Waals surface area (Å²) in [6, 6.07) is 8.33. The molecule has 0 aliphatic carbocycles. The van der Waals surface area contributed by atoms with Crippen LogP contribution in [0, 0.1) is 5.92 Å². The number of H-pyrrole nitrogens is 1. The van der Waals surface area contributed by atoms with E-state index in [0.29, 0.717) is 12.0 Å². The number of carbonyl (C=O) groups is 1. The number of hydrogen-bond acceptors (Lipinski definition) is 1. The van der Waals surface area contributed by atoms with Gasteiger partial charge >= 0.3 is 0 Å². The molecule has 1 aliphatic rings. The first-order chi connectivity index (χ1) is 9.16. The summed E-state index contributed by atoms with van der Waals surface area (Å²) in [5.41, 5.74) is 1.83. The monoisotopic (exact) mass is 256 g/mol. The van der Waals surface area contributed by atoms with Crippen LogP contribution in [0.5, 0.6) is 0 Å². The van der Waals surface area contributed by atoms with E-state index in [1.165, 1.54) is 6.42 Å². The molecule has 3 rings (SSSR count). The Balaban J connectivity index is 1.95. The molecule has 0 bridgehead atoms. The van der Waals surface area contributed by atoms with Gasteiger partial charge < -0.3 is 9.88 Å². The molecule has 2 unspecified atom stereocenters. The molecule has 0 spiro atoms. The highest BCUT2D eigenvalue weighted by Crippen LogP contribution is 2.26. The quantitative estimate of drug-likeness (QED) is 0.833. The average Bonchev–Trinajstić information content (AvgIpc) is 2.84. The third kappa shape index (κ3) is 2.14. The molecule has 1 aromatic carbocycles. The number of nitrogens with zero attached hydrogens (tertiary/aromatic N) is 1. The van der Waals surface area contributed by atoms with Crippen LogP contribution >= 0.6 is 0 Å². The number of para-hydroxylation sites is 1. The largest absolute Gasteiger partial charge is 0.360 e. The van der Waals surface area contributed by atoms with Crippen LogP contribution in [0.15, 0.2) is 30.5 Å². The van der Waals surface area contributed by atoms with E-state index in [1.54, 1.807) is 0 Å². The molecule has 100 valence electrons. The number of aromatic amines is 1. The zero-order valence-corrected chi connectivity index (χ0v) is 11.5. The van der Waals surface area contributed by atoms with Crippen molar-refractivity contribution in [2.75, 3.05) is 6.54 Å². The van der Waals surface area contributed by atoms with Crippen molar-refractivity contribution in [1.82, 2.24) is 9.88 Å². The van der Waals surface area contributed by atoms with Gasteiger partial charge in [0.1, 0.15) is 0 Å². The fraction of sp³-hybridized carbons (Fsp3) is 0.438. The lowest BCUT2D eigenvalue weighted by molar-refractivity contribution is 0.0576. The van der Waals surface area contributed by atoms with E-state index in [0.717, 1.165) is 29.4 Å². The maximum Gasteiger partial charge on any atom is 0.256 e. The van der Waals surface area contributed by atoms with Crippen molar-refractivity contribution < 1.29 is 4.79 Å². The highest BCUT2D eigenvalue weighted by Gasteiger charge is 2.28. The number of rotatable bonds is 1. The molecule has 3 heteroatoms. The Morgan fingerprint density at radius 2 is 2.05 bits per heavy atom. The maximum atomic E-state index is 12.7. The van der Waals surface area contributed by atoms with Crippen LogP contribution in [0.2, 0.25) is 0 Å². The van der Waals surface area contributed by atoms with Crippen molar-refractivity contribution in [3.05, 3.63) is 36.0 Å². The van der Waals surface area contributed by atoms with Gasteiger partial charge in [-0.3, -0.25) is 4.79 Å². The Kier molecular flexibility index (Phi) is 3.05. The molecule has 1 fully saturated rings. The molecular formula is C16H20N2O. The van der Waals surface area contributed by atoms with E-state index in [9.17, 15) is 4.79 Å². The van der Waals surface area contributed by atoms with Gasteiger partial charge in [-0.05, 0) is 31.7 Å². The lowest BCUT2D eigenvalue weighted by Crippen LogP contribution is -2.44. The van der Waals surface area contributed by atoms with Crippen LogP contribution in [0.4, 0.5) is 0 Å². The second kappa shape index (κ2) is 4.72. The Hall–Kier alpha value is -1.77. The number of benzene rings is 1. The zero-order chi connectivity index (χ0) is 13.4. The average molecular weight is 256 g/mol. The van der Waals surface area contributed by atoms with E-state index < -0.39 is 0 Å². The molecule has 2 aromatic rings. The number of carbonyl (C=O) groups excluding carboxylic acids is 1. The summed E-state index contributed by atoms with van der Waals surface area (Å²) in [7, 11) is 0. The van der Waals surface area contributed by atoms with Gasteiger partial charge in [-0.25, -0.2) is 0 Å². The van der Waals surface area contributed by atoms with E-state index in [1.807, 2.05) is 35.4 Å².